The van der Waals surface area contributed by atoms with Gasteiger partial charge in [0.05, 0.1) is 11.2 Å². The predicted molar refractivity (Wildman–Crippen MR) is 99.5 cm³/mol. The van der Waals surface area contributed by atoms with Crippen molar-refractivity contribution in [3.8, 4) is 11.3 Å². The molecular formula is C20H21N5. The lowest BCUT2D eigenvalue weighted by Crippen LogP contribution is -2.27. The molecule has 2 saturated heterocycles. The van der Waals surface area contributed by atoms with Crippen LogP contribution < -0.4 is 4.90 Å². The molecule has 4 heterocycles. The minimum atomic E-state index is 0.777. The standard InChI is InChI=1S/C20H21N5/c1-24-10-16-12-25(13-17(16)11-24)20-7-6-19(22-23-20)15-4-5-18-14(9-15)3-2-8-21-18/h2-9,16-17H,10-13H2,1H3/t16-,17+. The van der Waals surface area contributed by atoms with Gasteiger partial charge in [0.25, 0.3) is 0 Å². The SMILES string of the molecule is CN1C[C@@H]2CN(c3ccc(-c4ccc5ncccc5c4)nn3)C[C@@H]2C1. The smallest absolute Gasteiger partial charge is 0.151 e. The van der Waals surface area contributed by atoms with E-state index in [1.807, 2.05) is 18.3 Å². The molecule has 0 amide bonds. The molecule has 3 aromatic rings. The third-order valence-corrected chi connectivity index (χ3v) is 5.54. The van der Waals surface area contributed by atoms with Crippen molar-refractivity contribution in [3.05, 3.63) is 48.7 Å². The third-order valence-electron chi connectivity index (χ3n) is 5.54. The van der Waals surface area contributed by atoms with E-state index in [1.165, 1.54) is 13.1 Å². The van der Waals surface area contributed by atoms with E-state index in [2.05, 4.69) is 62.4 Å². The number of anilines is 1. The van der Waals surface area contributed by atoms with Crippen molar-refractivity contribution in [2.75, 3.05) is 38.1 Å². The normalized spacial score (nSPS) is 23.3. The molecule has 126 valence electrons. The lowest BCUT2D eigenvalue weighted by molar-refractivity contribution is 0.387. The van der Waals surface area contributed by atoms with Crippen LogP contribution in [-0.4, -0.2) is 53.3 Å². The van der Waals surface area contributed by atoms with Crippen LogP contribution in [-0.2, 0) is 0 Å². The fraction of sp³-hybridized carbons (Fsp3) is 0.350. The third kappa shape index (κ3) is 2.65. The Morgan fingerprint density at radius 1 is 0.920 bits per heavy atom. The van der Waals surface area contributed by atoms with Crippen LogP contribution in [0.4, 0.5) is 5.82 Å². The molecule has 0 bridgehead atoms. The van der Waals surface area contributed by atoms with Crippen LogP contribution in [0.2, 0.25) is 0 Å². The zero-order valence-electron chi connectivity index (χ0n) is 14.3. The number of likely N-dealkylation sites (tertiary alicyclic amines) is 1. The first-order valence-electron chi connectivity index (χ1n) is 8.89. The van der Waals surface area contributed by atoms with Gasteiger partial charge in [0.2, 0.25) is 0 Å². The van der Waals surface area contributed by atoms with Gasteiger partial charge < -0.3 is 9.80 Å². The molecule has 2 fully saturated rings. The molecule has 2 aliphatic rings. The Bertz CT molecular complexity index is 893. The van der Waals surface area contributed by atoms with Crippen molar-refractivity contribution in [2.24, 2.45) is 11.8 Å². The van der Waals surface area contributed by atoms with Crippen molar-refractivity contribution in [2.45, 2.75) is 0 Å². The van der Waals surface area contributed by atoms with E-state index in [9.17, 15) is 0 Å². The predicted octanol–water partition coefficient (Wildman–Crippen LogP) is 2.69. The lowest BCUT2D eigenvalue weighted by atomic mass is 10.0. The number of aromatic nitrogens is 3. The Labute approximate surface area is 147 Å². The molecule has 0 spiro atoms. The molecule has 2 atom stereocenters. The summed E-state index contributed by atoms with van der Waals surface area (Å²) in [6, 6.07) is 14.5. The largest absolute Gasteiger partial charge is 0.354 e. The fourth-order valence-electron chi connectivity index (χ4n) is 4.30. The van der Waals surface area contributed by atoms with Gasteiger partial charge >= 0.3 is 0 Å². The maximum Gasteiger partial charge on any atom is 0.151 e. The van der Waals surface area contributed by atoms with Gasteiger partial charge in [-0.2, -0.15) is 0 Å². The van der Waals surface area contributed by atoms with Crippen molar-refractivity contribution >= 4 is 16.7 Å². The zero-order valence-corrected chi connectivity index (χ0v) is 14.3. The summed E-state index contributed by atoms with van der Waals surface area (Å²) in [6.45, 7) is 4.62. The summed E-state index contributed by atoms with van der Waals surface area (Å²) in [5.74, 6) is 2.56. The number of pyridine rings is 1. The van der Waals surface area contributed by atoms with E-state index in [4.69, 9.17) is 0 Å². The van der Waals surface area contributed by atoms with Gasteiger partial charge in [0, 0.05) is 43.3 Å². The second-order valence-electron chi connectivity index (χ2n) is 7.33. The Balaban J connectivity index is 1.38. The first kappa shape index (κ1) is 14.8. The molecule has 5 rings (SSSR count). The topological polar surface area (TPSA) is 45.2 Å². The van der Waals surface area contributed by atoms with Gasteiger partial charge in [0.15, 0.2) is 5.82 Å². The van der Waals surface area contributed by atoms with Gasteiger partial charge in [-0.3, -0.25) is 4.98 Å². The van der Waals surface area contributed by atoms with Crippen LogP contribution in [0.1, 0.15) is 0 Å². The van der Waals surface area contributed by atoms with Crippen molar-refractivity contribution < 1.29 is 0 Å². The van der Waals surface area contributed by atoms with Crippen LogP contribution in [0, 0.1) is 11.8 Å². The molecule has 2 aliphatic heterocycles. The molecule has 0 radical (unpaired) electrons. The number of hydrogen-bond acceptors (Lipinski definition) is 5. The van der Waals surface area contributed by atoms with E-state index in [1.54, 1.807) is 0 Å². The second-order valence-corrected chi connectivity index (χ2v) is 7.33. The number of rotatable bonds is 2. The van der Waals surface area contributed by atoms with Crippen LogP contribution in [0.25, 0.3) is 22.2 Å². The summed E-state index contributed by atoms with van der Waals surface area (Å²) in [4.78, 5) is 9.20. The minimum absolute atomic E-state index is 0.777. The average molecular weight is 331 g/mol. The van der Waals surface area contributed by atoms with Crippen LogP contribution in [0.3, 0.4) is 0 Å². The maximum atomic E-state index is 4.51. The Hall–Kier alpha value is -2.53. The number of nitrogens with zero attached hydrogens (tertiary/aromatic N) is 5. The van der Waals surface area contributed by atoms with Crippen LogP contribution >= 0.6 is 0 Å². The van der Waals surface area contributed by atoms with Crippen molar-refractivity contribution in [3.63, 3.8) is 0 Å². The molecule has 0 saturated carbocycles. The Morgan fingerprint density at radius 2 is 1.76 bits per heavy atom. The summed E-state index contributed by atoms with van der Waals surface area (Å²) < 4.78 is 0. The lowest BCUT2D eigenvalue weighted by Gasteiger charge is -2.19. The molecular weight excluding hydrogens is 310 g/mol. The van der Waals surface area contributed by atoms with Gasteiger partial charge in [-0.05, 0) is 49.2 Å². The summed E-state index contributed by atoms with van der Waals surface area (Å²) in [7, 11) is 2.22. The highest BCUT2D eigenvalue weighted by Gasteiger charge is 2.39. The van der Waals surface area contributed by atoms with Gasteiger partial charge in [-0.15, -0.1) is 10.2 Å². The molecule has 0 N–H and O–H groups in total. The summed E-state index contributed by atoms with van der Waals surface area (Å²) in [5.41, 5.74) is 3.00. The molecule has 5 nitrogen and oxygen atoms in total. The van der Waals surface area contributed by atoms with Gasteiger partial charge in [-0.1, -0.05) is 12.1 Å². The van der Waals surface area contributed by atoms with Gasteiger partial charge in [-0.25, -0.2) is 0 Å². The summed E-state index contributed by atoms with van der Waals surface area (Å²) >= 11 is 0. The second kappa shape index (κ2) is 5.77. The highest BCUT2D eigenvalue weighted by atomic mass is 15.3. The average Bonchev–Trinajstić information content (AvgIpc) is 3.19. The highest BCUT2D eigenvalue weighted by Crippen LogP contribution is 2.32. The number of hydrogen-bond donors (Lipinski definition) is 0. The van der Waals surface area contributed by atoms with E-state index in [-0.39, 0.29) is 0 Å². The van der Waals surface area contributed by atoms with E-state index >= 15 is 0 Å². The fourth-order valence-corrected chi connectivity index (χ4v) is 4.30. The minimum Gasteiger partial charge on any atom is -0.354 e. The number of benzene rings is 1. The maximum absolute atomic E-state index is 4.51. The zero-order chi connectivity index (χ0) is 16.8. The Kier molecular flexibility index (Phi) is 3.41. The molecule has 2 aromatic heterocycles. The molecule has 5 heteroatoms. The highest BCUT2D eigenvalue weighted by molar-refractivity contribution is 5.83. The number of fused-ring (bicyclic) bond motifs is 2. The monoisotopic (exact) mass is 331 g/mol. The van der Waals surface area contributed by atoms with E-state index < -0.39 is 0 Å². The summed E-state index contributed by atoms with van der Waals surface area (Å²) in [6.07, 6.45) is 1.82. The molecule has 0 aliphatic carbocycles. The first-order chi connectivity index (χ1) is 12.3. The van der Waals surface area contributed by atoms with E-state index in [0.29, 0.717) is 0 Å². The van der Waals surface area contributed by atoms with E-state index in [0.717, 1.165) is 52.9 Å². The van der Waals surface area contributed by atoms with Crippen LogP contribution in [0.15, 0.2) is 48.7 Å². The quantitative estimate of drug-likeness (QED) is 0.722. The van der Waals surface area contributed by atoms with Crippen LogP contribution in [0.5, 0.6) is 0 Å². The first-order valence-corrected chi connectivity index (χ1v) is 8.89. The molecule has 25 heavy (non-hydrogen) atoms. The summed E-state index contributed by atoms with van der Waals surface area (Å²) in [5, 5.41) is 10.1. The Morgan fingerprint density at radius 3 is 2.52 bits per heavy atom. The van der Waals surface area contributed by atoms with Crippen molar-refractivity contribution in [1.82, 2.24) is 20.1 Å². The molecule has 0 unspecified atom stereocenters. The van der Waals surface area contributed by atoms with Gasteiger partial charge in [0.1, 0.15) is 0 Å². The van der Waals surface area contributed by atoms with Crippen molar-refractivity contribution in [1.29, 1.82) is 0 Å². The molecule has 1 aromatic carbocycles.